The van der Waals surface area contributed by atoms with Gasteiger partial charge in [0.25, 0.3) is 5.91 Å². The zero-order valence-corrected chi connectivity index (χ0v) is 11.9. The Morgan fingerprint density at radius 2 is 1.77 bits per heavy atom. The lowest BCUT2D eigenvalue weighted by molar-refractivity contribution is 0.0949. The summed E-state index contributed by atoms with van der Waals surface area (Å²) in [7, 11) is 0. The number of carbonyl (C=O) groups excluding carboxylic acids is 1. The number of carbonyl (C=O) groups is 1. The first-order chi connectivity index (χ1) is 10.7. The van der Waals surface area contributed by atoms with E-state index in [9.17, 15) is 9.18 Å². The molecule has 3 rings (SSSR count). The summed E-state index contributed by atoms with van der Waals surface area (Å²) in [5, 5.41) is 4.82. The summed E-state index contributed by atoms with van der Waals surface area (Å²) in [6.45, 7) is 0.485. The van der Waals surface area contributed by atoms with E-state index in [0.717, 1.165) is 16.3 Å². The Balaban J connectivity index is 1.62. The van der Waals surface area contributed by atoms with Crippen molar-refractivity contribution in [2.75, 3.05) is 6.54 Å². The van der Waals surface area contributed by atoms with E-state index in [1.807, 2.05) is 24.3 Å². The van der Waals surface area contributed by atoms with E-state index in [-0.39, 0.29) is 11.7 Å². The highest BCUT2D eigenvalue weighted by Crippen LogP contribution is 2.13. The van der Waals surface area contributed by atoms with Gasteiger partial charge in [-0.3, -0.25) is 9.78 Å². The topological polar surface area (TPSA) is 42.0 Å². The van der Waals surface area contributed by atoms with Crippen molar-refractivity contribution in [2.24, 2.45) is 0 Å². The van der Waals surface area contributed by atoms with E-state index < -0.39 is 0 Å². The minimum absolute atomic E-state index is 0.201. The van der Waals surface area contributed by atoms with Crippen LogP contribution in [0, 0.1) is 5.82 Å². The van der Waals surface area contributed by atoms with Crippen LogP contribution < -0.4 is 5.32 Å². The Labute approximate surface area is 127 Å². The largest absolute Gasteiger partial charge is 0.350 e. The Kier molecular flexibility index (Phi) is 4.10. The molecule has 1 amide bonds. The van der Waals surface area contributed by atoms with Gasteiger partial charge in [-0.05, 0) is 35.6 Å². The smallest absolute Gasteiger partial charge is 0.269 e. The van der Waals surface area contributed by atoms with Crippen LogP contribution in [-0.2, 0) is 6.42 Å². The van der Waals surface area contributed by atoms with Gasteiger partial charge in [0.1, 0.15) is 11.5 Å². The highest BCUT2D eigenvalue weighted by molar-refractivity contribution is 5.96. The van der Waals surface area contributed by atoms with Crippen molar-refractivity contribution < 1.29 is 9.18 Å². The Morgan fingerprint density at radius 1 is 1.05 bits per heavy atom. The van der Waals surface area contributed by atoms with Gasteiger partial charge in [0.2, 0.25) is 0 Å². The van der Waals surface area contributed by atoms with E-state index in [0.29, 0.717) is 18.7 Å². The first-order valence-corrected chi connectivity index (χ1v) is 7.10. The second-order valence-corrected chi connectivity index (χ2v) is 5.05. The second kappa shape index (κ2) is 6.35. The van der Waals surface area contributed by atoms with Crippen molar-refractivity contribution in [3.8, 4) is 0 Å². The normalized spacial score (nSPS) is 10.6. The number of halogens is 1. The maximum Gasteiger partial charge on any atom is 0.269 e. The molecule has 2 aromatic carbocycles. The van der Waals surface area contributed by atoms with Crippen LogP contribution in [-0.4, -0.2) is 17.4 Å². The van der Waals surface area contributed by atoms with E-state index in [1.165, 1.54) is 12.1 Å². The van der Waals surface area contributed by atoms with Gasteiger partial charge in [0.05, 0.1) is 0 Å². The molecule has 0 spiro atoms. The summed E-state index contributed by atoms with van der Waals surface area (Å²) in [4.78, 5) is 16.3. The van der Waals surface area contributed by atoms with Gasteiger partial charge in [-0.15, -0.1) is 0 Å². The number of hydrogen-bond donors (Lipinski definition) is 1. The third-order valence-electron chi connectivity index (χ3n) is 3.48. The standard InChI is InChI=1S/C18H15FN2O/c19-16-7-5-13(6-8-16)9-10-20-18(22)17-11-14-3-1-2-4-15(14)12-21-17/h1-8,11-12H,9-10H2,(H,20,22). The summed E-state index contributed by atoms with van der Waals surface area (Å²) >= 11 is 0. The second-order valence-electron chi connectivity index (χ2n) is 5.05. The number of amides is 1. The molecule has 0 radical (unpaired) electrons. The Bertz CT molecular complexity index is 800. The Hall–Kier alpha value is -2.75. The average molecular weight is 294 g/mol. The summed E-state index contributed by atoms with van der Waals surface area (Å²) in [6, 6.07) is 15.8. The summed E-state index contributed by atoms with van der Waals surface area (Å²) in [5.41, 5.74) is 1.38. The SMILES string of the molecule is O=C(NCCc1ccc(F)cc1)c1cc2ccccc2cn1. The van der Waals surface area contributed by atoms with Crippen molar-refractivity contribution in [3.63, 3.8) is 0 Å². The highest BCUT2D eigenvalue weighted by Gasteiger charge is 2.07. The van der Waals surface area contributed by atoms with Gasteiger partial charge >= 0.3 is 0 Å². The van der Waals surface area contributed by atoms with Gasteiger partial charge in [-0.25, -0.2) is 4.39 Å². The van der Waals surface area contributed by atoms with E-state index in [4.69, 9.17) is 0 Å². The Morgan fingerprint density at radius 3 is 2.55 bits per heavy atom. The monoisotopic (exact) mass is 294 g/mol. The summed E-state index contributed by atoms with van der Waals surface area (Å²) in [5.74, 6) is -0.457. The molecule has 1 aromatic heterocycles. The zero-order valence-electron chi connectivity index (χ0n) is 11.9. The van der Waals surface area contributed by atoms with E-state index in [1.54, 1.807) is 24.4 Å². The lowest BCUT2D eigenvalue weighted by atomic mass is 10.1. The minimum atomic E-state index is -0.256. The lowest BCUT2D eigenvalue weighted by Gasteiger charge is -2.06. The molecule has 110 valence electrons. The molecule has 1 heterocycles. The minimum Gasteiger partial charge on any atom is -0.350 e. The lowest BCUT2D eigenvalue weighted by Crippen LogP contribution is -2.26. The number of pyridine rings is 1. The van der Waals surface area contributed by atoms with Crippen molar-refractivity contribution in [2.45, 2.75) is 6.42 Å². The molecule has 0 aliphatic heterocycles. The van der Waals surface area contributed by atoms with Crippen molar-refractivity contribution >= 4 is 16.7 Å². The molecule has 0 saturated carbocycles. The molecule has 0 atom stereocenters. The molecule has 1 N–H and O–H groups in total. The van der Waals surface area contributed by atoms with Crippen LogP contribution in [0.3, 0.4) is 0 Å². The van der Waals surface area contributed by atoms with Gasteiger partial charge < -0.3 is 5.32 Å². The predicted octanol–water partition coefficient (Wildman–Crippen LogP) is 3.35. The summed E-state index contributed by atoms with van der Waals surface area (Å²) in [6.07, 6.45) is 2.35. The third-order valence-corrected chi connectivity index (χ3v) is 3.48. The average Bonchev–Trinajstić information content (AvgIpc) is 2.56. The van der Waals surface area contributed by atoms with Crippen LogP contribution in [0.4, 0.5) is 4.39 Å². The maximum absolute atomic E-state index is 12.8. The molecule has 0 bridgehead atoms. The number of fused-ring (bicyclic) bond motifs is 1. The number of nitrogens with one attached hydrogen (secondary N) is 1. The number of hydrogen-bond acceptors (Lipinski definition) is 2. The van der Waals surface area contributed by atoms with Crippen LogP contribution >= 0.6 is 0 Å². The van der Waals surface area contributed by atoms with Crippen molar-refractivity contribution in [1.82, 2.24) is 10.3 Å². The van der Waals surface area contributed by atoms with Gasteiger partial charge in [-0.2, -0.15) is 0 Å². The number of nitrogens with zero attached hydrogens (tertiary/aromatic N) is 1. The molecule has 0 fully saturated rings. The molecular weight excluding hydrogens is 279 g/mol. The molecule has 3 aromatic rings. The predicted molar refractivity (Wildman–Crippen MR) is 84.2 cm³/mol. The molecule has 0 aliphatic carbocycles. The molecule has 0 unspecified atom stereocenters. The third kappa shape index (κ3) is 3.28. The molecule has 3 nitrogen and oxygen atoms in total. The maximum atomic E-state index is 12.8. The van der Waals surface area contributed by atoms with Crippen LogP contribution in [0.15, 0.2) is 60.8 Å². The highest BCUT2D eigenvalue weighted by atomic mass is 19.1. The van der Waals surface area contributed by atoms with Gasteiger partial charge in [-0.1, -0.05) is 36.4 Å². The van der Waals surface area contributed by atoms with Crippen molar-refractivity contribution in [3.05, 3.63) is 77.9 Å². The quantitative estimate of drug-likeness (QED) is 0.802. The molecule has 0 saturated heterocycles. The van der Waals surface area contributed by atoms with Crippen molar-refractivity contribution in [1.29, 1.82) is 0 Å². The van der Waals surface area contributed by atoms with E-state index in [2.05, 4.69) is 10.3 Å². The van der Waals surface area contributed by atoms with Gasteiger partial charge in [0.15, 0.2) is 0 Å². The first kappa shape index (κ1) is 14.2. The van der Waals surface area contributed by atoms with E-state index >= 15 is 0 Å². The summed E-state index contributed by atoms with van der Waals surface area (Å²) < 4.78 is 12.8. The van der Waals surface area contributed by atoms with Crippen LogP contribution in [0.5, 0.6) is 0 Å². The molecule has 4 heteroatoms. The molecular formula is C18H15FN2O. The number of benzene rings is 2. The number of rotatable bonds is 4. The fourth-order valence-corrected chi connectivity index (χ4v) is 2.27. The fourth-order valence-electron chi connectivity index (χ4n) is 2.27. The van der Waals surface area contributed by atoms with Crippen LogP contribution in [0.1, 0.15) is 16.1 Å². The molecule has 0 aliphatic rings. The molecule has 22 heavy (non-hydrogen) atoms. The van der Waals surface area contributed by atoms with Crippen LogP contribution in [0.2, 0.25) is 0 Å². The zero-order chi connectivity index (χ0) is 15.4. The van der Waals surface area contributed by atoms with Crippen LogP contribution in [0.25, 0.3) is 10.8 Å². The first-order valence-electron chi connectivity index (χ1n) is 7.10. The fraction of sp³-hybridized carbons (Fsp3) is 0.111. The van der Waals surface area contributed by atoms with Gasteiger partial charge in [0, 0.05) is 18.1 Å². The number of aromatic nitrogens is 1.